The van der Waals surface area contributed by atoms with Crippen molar-refractivity contribution < 1.29 is 14.3 Å². The van der Waals surface area contributed by atoms with Crippen LogP contribution in [0.4, 0.5) is 5.69 Å². The van der Waals surface area contributed by atoms with E-state index < -0.39 is 11.3 Å². The summed E-state index contributed by atoms with van der Waals surface area (Å²) in [5.74, 6) is -0.512. The average Bonchev–Trinajstić information content (AvgIpc) is 3.10. The molecule has 0 aliphatic carbocycles. The van der Waals surface area contributed by atoms with E-state index in [-0.39, 0.29) is 23.7 Å². The summed E-state index contributed by atoms with van der Waals surface area (Å²) >= 11 is 0. The predicted molar refractivity (Wildman–Crippen MR) is 79.5 cm³/mol. The second-order valence-corrected chi connectivity index (χ2v) is 6.88. The standard InChI is InChI=1S/C17H18N2O3/c1-10(20)17-13-11-6-3-4-7-12(11)19-9-5-8-16(22-17,14(13)19)18(2)15(17)21/h3-4,6-7,13-14H,5,8-9H2,1-2H3/t13-,14+,16+,17-/m1/s1. The van der Waals surface area contributed by atoms with Gasteiger partial charge in [0.15, 0.2) is 11.5 Å². The van der Waals surface area contributed by atoms with Gasteiger partial charge in [0.1, 0.15) is 0 Å². The van der Waals surface area contributed by atoms with E-state index in [1.807, 2.05) is 18.2 Å². The number of para-hydroxylation sites is 1. The van der Waals surface area contributed by atoms with Crippen molar-refractivity contribution in [3.05, 3.63) is 29.8 Å². The lowest BCUT2D eigenvalue weighted by Gasteiger charge is -2.48. The van der Waals surface area contributed by atoms with Crippen molar-refractivity contribution in [1.29, 1.82) is 0 Å². The summed E-state index contributed by atoms with van der Waals surface area (Å²) in [5.41, 5.74) is 0.283. The molecule has 4 aliphatic heterocycles. The zero-order chi connectivity index (χ0) is 15.3. The summed E-state index contributed by atoms with van der Waals surface area (Å²) in [4.78, 5) is 29.5. The van der Waals surface area contributed by atoms with Crippen molar-refractivity contribution in [2.75, 3.05) is 18.5 Å². The Morgan fingerprint density at radius 2 is 2.14 bits per heavy atom. The fourth-order valence-corrected chi connectivity index (χ4v) is 5.29. The third-order valence-electron chi connectivity index (χ3n) is 6.12. The number of ether oxygens (including phenoxy) is 1. The molecule has 0 radical (unpaired) electrons. The van der Waals surface area contributed by atoms with E-state index in [0.29, 0.717) is 0 Å². The maximum absolute atomic E-state index is 12.9. The molecule has 5 heteroatoms. The molecule has 4 aliphatic rings. The Balaban J connectivity index is 1.84. The van der Waals surface area contributed by atoms with Gasteiger partial charge < -0.3 is 14.5 Å². The zero-order valence-electron chi connectivity index (χ0n) is 12.7. The molecular weight excluding hydrogens is 280 g/mol. The molecule has 3 fully saturated rings. The highest BCUT2D eigenvalue weighted by Gasteiger charge is 2.80. The number of hydrogen-bond acceptors (Lipinski definition) is 4. The minimum absolute atomic E-state index is 0.0604. The van der Waals surface area contributed by atoms with E-state index in [4.69, 9.17) is 4.74 Å². The number of Topliss-reactive ketones (excluding diaryl/α,β-unsaturated/α-hetero) is 1. The summed E-state index contributed by atoms with van der Waals surface area (Å²) in [6.07, 6.45) is 1.76. The Hall–Kier alpha value is -1.88. The highest BCUT2D eigenvalue weighted by atomic mass is 16.6. The topological polar surface area (TPSA) is 49.9 Å². The van der Waals surface area contributed by atoms with E-state index in [0.717, 1.165) is 24.9 Å². The maximum Gasteiger partial charge on any atom is 0.265 e. The van der Waals surface area contributed by atoms with Gasteiger partial charge in [-0.3, -0.25) is 9.59 Å². The molecule has 0 aromatic heterocycles. The molecule has 22 heavy (non-hydrogen) atoms. The third-order valence-corrected chi connectivity index (χ3v) is 6.12. The number of ketones is 1. The number of fused-ring (bicyclic) bond motifs is 5. The van der Waals surface area contributed by atoms with Gasteiger partial charge in [0.05, 0.1) is 12.0 Å². The summed E-state index contributed by atoms with van der Waals surface area (Å²) < 4.78 is 6.31. The van der Waals surface area contributed by atoms with Crippen LogP contribution in [0.3, 0.4) is 0 Å². The molecule has 5 rings (SSSR count). The Labute approximate surface area is 128 Å². The monoisotopic (exact) mass is 298 g/mol. The van der Waals surface area contributed by atoms with Crippen molar-refractivity contribution in [2.24, 2.45) is 0 Å². The van der Waals surface area contributed by atoms with E-state index in [2.05, 4.69) is 11.0 Å². The number of rotatable bonds is 1. The molecule has 4 heterocycles. The number of piperidine rings is 2. The fraction of sp³-hybridized carbons (Fsp3) is 0.529. The van der Waals surface area contributed by atoms with Crippen molar-refractivity contribution in [3.8, 4) is 0 Å². The molecule has 1 spiro atoms. The van der Waals surface area contributed by atoms with Crippen LogP contribution < -0.4 is 4.90 Å². The molecular formula is C17H18N2O3. The number of anilines is 1. The van der Waals surface area contributed by atoms with Crippen molar-refractivity contribution in [1.82, 2.24) is 4.90 Å². The Kier molecular flexibility index (Phi) is 2.03. The average molecular weight is 298 g/mol. The van der Waals surface area contributed by atoms with Crippen molar-refractivity contribution in [2.45, 2.75) is 43.1 Å². The van der Waals surface area contributed by atoms with Crippen LogP contribution in [0.25, 0.3) is 0 Å². The summed E-state index contributed by atoms with van der Waals surface area (Å²) in [5, 5.41) is 0. The van der Waals surface area contributed by atoms with Crippen LogP contribution in [0, 0.1) is 0 Å². The number of amides is 1. The molecule has 1 aromatic rings. The van der Waals surface area contributed by atoms with Gasteiger partial charge in [0.2, 0.25) is 5.60 Å². The van der Waals surface area contributed by atoms with Crippen molar-refractivity contribution >= 4 is 17.4 Å². The highest BCUT2D eigenvalue weighted by Crippen LogP contribution is 2.65. The molecule has 0 unspecified atom stereocenters. The molecule has 114 valence electrons. The molecule has 2 bridgehead atoms. The number of benzene rings is 1. The van der Waals surface area contributed by atoms with Crippen LogP contribution in [0.15, 0.2) is 24.3 Å². The number of likely N-dealkylation sites (tertiary alicyclic amines) is 1. The normalized spacial score (nSPS) is 40.9. The molecule has 4 atom stereocenters. The smallest absolute Gasteiger partial charge is 0.265 e. The molecule has 0 N–H and O–H groups in total. The lowest BCUT2D eigenvalue weighted by molar-refractivity contribution is -0.149. The largest absolute Gasteiger partial charge is 0.363 e. The SMILES string of the molecule is CC(=O)[C@@]12O[C@]3(CCCN4c5ccccc5[C@@H]1[C@H]43)N(C)C2=O. The van der Waals surface area contributed by atoms with Gasteiger partial charge >= 0.3 is 0 Å². The molecule has 1 amide bonds. The van der Waals surface area contributed by atoms with Gasteiger partial charge in [-0.2, -0.15) is 0 Å². The molecule has 3 saturated heterocycles. The van der Waals surface area contributed by atoms with Crippen LogP contribution in [0.1, 0.15) is 31.2 Å². The van der Waals surface area contributed by atoms with Crippen molar-refractivity contribution in [3.63, 3.8) is 0 Å². The second-order valence-electron chi connectivity index (χ2n) is 6.88. The Bertz CT molecular complexity index is 732. The van der Waals surface area contributed by atoms with Gasteiger partial charge in [0, 0.05) is 19.3 Å². The quantitative estimate of drug-likeness (QED) is 0.733. The lowest BCUT2D eigenvalue weighted by atomic mass is 9.72. The first kappa shape index (κ1) is 12.6. The van der Waals surface area contributed by atoms with Crippen LogP contribution >= 0.6 is 0 Å². The van der Waals surface area contributed by atoms with Crippen LogP contribution in [0.5, 0.6) is 0 Å². The first-order valence-corrected chi connectivity index (χ1v) is 7.89. The first-order valence-electron chi connectivity index (χ1n) is 7.89. The molecule has 5 nitrogen and oxygen atoms in total. The van der Waals surface area contributed by atoms with Gasteiger partial charge in [-0.05, 0) is 31.4 Å². The maximum atomic E-state index is 12.9. The second kappa shape index (κ2) is 3.54. The van der Waals surface area contributed by atoms with Crippen LogP contribution in [-0.2, 0) is 14.3 Å². The number of nitrogens with zero attached hydrogens (tertiary/aromatic N) is 2. The van der Waals surface area contributed by atoms with Gasteiger partial charge in [-0.15, -0.1) is 0 Å². The predicted octanol–water partition coefficient (Wildman–Crippen LogP) is 1.28. The number of carbonyl (C=O) groups is 2. The van der Waals surface area contributed by atoms with Gasteiger partial charge in [-0.25, -0.2) is 0 Å². The zero-order valence-corrected chi connectivity index (χ0v) is 12.7. The Morgan fingerprint density at radius 3 is 2.91 bits per heavy atom. The minimum atomic E-state index is -1.32. The number of carbonyl (C=O) groups excluding carboxylic acids is 2. The van der Waals surface area contributed by atoms with Crippen LogP contribution in [-0.4, -0.2) is 47.6 Å². The lowest BCUT2D eigenvalue weighted by Crippen LogP contribution is -2.65. The fourth-order valence-electron chi connectivity index (χ4n) is 5.29. The minimum Gasteiger partial charge on any atom is -0.363 e. The molecule has 1 aromatic carbocycles. The first-order chi connectivity index (χ1) is 10.5. The van der Waals surface area contributed by atoms with E-state index >= 15 is 0 Å². The molecule has 0 saturated carbocycles. The Morgan fingerprint density at radius 1 is 1.36 bits per heavy atom. The third kappa shape index (κ3) is 1.02. The van der Waals surface area contributed by atoms with E-state index in [9.17, 15) is 9.59 Å². The van der Waals surface area contributed by atoms with Gasteiger partial charge in [-0.1, -0.05) is 18.2 Å². The summed E-state index contributed by atoms with van der Waals surface area (Å²) in [6, 6.07) is 8.22. The van der Waals surface area contributed by atoms with Crippen LogP contribution in [0.2, 0.25) is 0 Å². The highest BCUT2D eigenvalue weighted by molar-refractivity contribution is 6.13. The van der Waals surface area contributed by atoms with E-state index in [1.165, 1.54) is 12.6 Å². The van der Waals surface area contributed by atoms with Gasteiger partial charge in [0.25, 0.3) is 5.91 Å². The summed E-state index contributed by atoms with van der Waals surface area (Å²) in [6.45, 7) is 2.45. The summed E-state index contributed by atoms with van der Waals surface area (Å²) in [7, 11) is 1.79. The van der Waals surface area contributed by atoms with E-state index in [1.54, 1.807) is 11.9 Å². The number of likely N-dealkylation sites (N-methyl/N-ethyl adjacent to an activating group) is 1. The number of hydrogen-bond donors (Lipinski definition) is 0.